The van der Waals surface area contributed by atoms with Gasteiger partial charge in [-0.15, -0.1) is 0 Å². The van der Waals surface area contributed by atoms with E-state index in [2.05, 4.69) is 5.32 Å². The number of nitrogens with zero attached hydrogens (tertiary/aromatic N) is 2. The number of piperidine rings is 1. The number of nitrogens with one attached hydrogen (secondary N) is 1. The maximum atomic E-state index is 14.0. The molecule has 164 valence electrons. The molecular weight excluding hydrogens is 406 g/mol. The topological polar surface area (TPSA) is 61.9 Å². The molecule has 1 aromatic rings. The lowest BCUT2D eigenvalue weighted by Crippen LogP contribution is -2.64. The van der Waals surface area contributed by atoms with Crippen LogP contribution in [0.2, 0.25) is 0 Å². The lowest BCUT2D eigenvalue weighted by Gasteiger charge is -2.46. The van der Waals surface area contributed by atoms with E-state index in [9.17, 15) is 27.2 Å². The molecule has 3 aliphatic heterocycles. The summed E-state index contributed by atoms with van der Waals surface area (Å²) in [6.45, 7) is 2.10. The number of morpholine rings is 1. The van der Waals surface area contributed by atoms with E-state index in [0.29, 0.717) is 51.5 Å². The van der Waals surface area contributed by atoms with Crippen LogP contribution in [0.25, 0.3) is 0 Å². The molecule has 3 amide bonds. The Labute approximate surface area is 171 Å². The van der Waals surface area contributed by atoms with Crippen molar-refractivity contribution in [1.82, 2.24) is 15.1 Å². The Morgan fingerprint density at radius 2 is 1.97 bits per heavy atom. The number of ether oxygens (including phenoxy) is 1. The first-order chi connectivity index (χ1) is 14.2. The molecule has 3 heterocycles. The van der Waals surface area contributed by atoms with Crippen molar-refractivity contribution in [3.63, 3.8) is 0 Å². The van der Waals surface area contributed by atoms with Crippen molar-refractivity contribution in [2.75, 3.05) is 32.8 Å². The van der Waals surface area contributed by atoms with Crippen molar-refractivity contribution in [3.8, 4) is 0 Å². The molecule has 3 saturated heterocycles. The number of alkyl halides is 3. The molecule has 2 atom stereocenters. The quantitative estimate of drug-likeness (QED) is 0.751. The predicted octanol–water partition coefficient (Wildman–Crippen LogP) is 2.42. The van der Waals surface area contributed by atoms with Gasteiger partial charge in [-0.05, 0) is 42.9 Å². The van der Waals surface area contributed by atoms with Crippen molar-refractivity contribution in [1.29, 1.82) is 0 Å². The molecule has 0 radical (unpaired) electrons. The fourth-order valence-electron chi connectivity index (χ4n) is 4.27. The van der Waals surface area contributed by atoms with Crippen LogP contribution >= 0.6 is 0 Å². The Hall–Kier alpha value is -2.36. The number of urea groups is 1. The monoisotopic (exact) mass is 429 g/mol. The minimum Gasteiger partial charge on any atom is -0.366 e. The molecule has 1 aromatic carbocycles. The summed E-state index contributed by atoms with van der Waals surface area (Å²) in [7, 11) is 0. The summed E-state index contributed by atoms with van der Waals surface area (Å²) in [5, 5.41) is 2.86. The summed E-state index contributed by atoms with van der Waals surface area (Å²) in [6, 6.07) is 2.33. The fourth-order valence-corrected chi connectivity index (χ4v) is 4.27. The summed E-state index contributed by atoms with van der Waals surface area (Å²) in [4.78, 5) is 27.6. The lowest BCUT2D eigenvalue weighted by atomic mass is 9.92. The summed E-state index contributed by atoms with van der Waals surface area (Å²) in [5.74, 6) is -0.840. The number of halogens is 4. The molecule has 3 fully saturated rings. The van der Waals surface area contributed by atoms with Crippen molar-refractivity contribution in [2.45, 2.75) is 37.6 Å². The molecule has 0 aliphatic carbocycles. The molecule has 0 spiro atoms. The van der Waals surface area contributed by atoms with Crippen LogP contribution in [-0.2, 0) is 22.1 Å². The van der Waals surface area contributed by atoms with Gasteiger partial charge in [0.15, 0.2) is 0 Å². The molecule has 6 nitrogen and oxygen atoms in total. The number of amides is 3. The Morgan fingerprint density at radius 1 is 1.20 bits per heavy atom. The number of likely N-dealkylation sites (tertiary alicyclic amines) is 2. The van der Waals surface area contributed by atoms with Crippen molar-refractivity contribution >= 4 is 11.9 Å². The highest BCUT2D eigenvalue weighted by atomic mass is 19.4. The SMILES string of the molecule is O=C1COC2CCN(C(=O)N3CC(CCc4ccc(C(F)(F)F)cc4F)C3)CC2N1. The van der Waals surface area contributed by atoms with Crippen LogP contribution in [0.3, 0.4) is 0 Å². The Morgan fingerprint density at radius 3 is 2.67 bits per heavy atom. The van der Waals surface area contributed by atoms with E-state index in [-0.39, 0.29) is 42.2 Å². The molecule has 2 unspecified atom stereocenters. The molecule has 0 bridgehead atoms. The maximum Gasteiger partial charge on any atom is 0.416 e. The van der Waals surface area contributed by atoms with E-state index in [1.54, 1.807) is 9.80 Å². The van der Waals surface area contributed by atoms with Crippen LogP contribution in [0.1, 0.15) is 24.0 Å². The van der Waals surface area contributed by atoms with Gasteiger partial charge in [0.25, 0.3) is 0 Å². The summed E-state index contributed by atoms with van der Waals surface area (Å²) >= 11 is 0. The van der Waals surface area contributed by atoms with Gasteiger partial charge in [-0.2, -0.15) is 13.2 Å². The minimum atomic E-state index is -4.56. The first-order valence-electron chi connectivity index (χ1n) is 10.0. The molecule has 0 aromatic heterocycles. The average Bonchev–Trinajstić information content (AvgIpc) is 2.66. The van der Waals surface area contributed by atoms with Gasteiger partial charge in [-0.25, -0.2) is 9.18 Å². The first kappa shape index (κ1) is 20.9. The maximum absolute atomic E-state index is 14.0. The molecule has 4 rings (SSSR count). The minimum absolute atomic E-state index is 0.0580. The summed E-state index contributed by atoms with van der Waals surface area (Å²) in [5.41, 5.74) is -0.740. The smallest absolute Gasteiger partial charge is 0.366 e. The third-order valence-electron chi connectivity index (χ3n) is 6.02. The zero-order valence-corrected chi connectivity index (χ0v) is 16.3. The Kier molecular flexibility index (Phi) is 5.61. The molecular formula is C20H23F4N3O3. The average molecular weight is 429 g/mol. The standard InChI is InChI=1S/C20H23F4N3O3/c21-15-7-14(20(22,23)24)4-3-13(15)2-1-12-8-27(9-12)19(29)26-6-5-17-16(10-26)25-18(28)11-30-17/h3-4,7,12,16-17H,1-2,5-6,8-11H2,(H,25,28). The van der Waals surface area contributed by atoms with Crippen LogP contribution in [0.4, 0.5) is 22.4 Å². The van der Waals surface area contributed by atoms with Gasteiger partial charge in [0.2, 0.25) is 5.91 Å². The Balaban J connectivity index is 1.23. The predicted molar refractivity (Wildman–Crippen MR) is 98.0 cm³/mol. The van der Waals surface area contributed by atoms with E-state index < -0.39 is 17.6 Å². The number of fused-ring (bicyclic) bond motifs is 1. The largest absolute Gasteiger partial charge is 0.416 e. The van der Waals surface area contributed by atoms with Crippen LogP contribution in [0.5, 0.6) is 0 Å². The van der Waals surface area contributed by atoms with Crippen LogP contribution in [-0.4, -0.2) is 66.7 Å². The second kappa shape index (κ2) is 8.05. The molecule has 1 N–H and O–H groups in total. The van der Waals surface area contributed by atoms with E-state index in [1.807, 2.05) is 0 Å². The van der Waals surface area contributed by atoms with Crippen LogP contribution in [0, 0.1) is 11.7 Å². The van der Waals surface area contributed by atoms with Gasteiger partial charge in [-0.3, -0.25) is 4.79 Å². The zero-order chi connectivity index (χ0) is 21.5. The Bertz CT molecular complexity index is 826. The number of hydrogen-bond donors (Lipinski definition) is 1. The zero-order valence-electron chi connectivity index (χ0n) is 16.3. The van der Waals surface area contributed by atoms with Gasteiger partial charge in [0.1, 0.15) is 12.4 Å². The first-order valence-corrected chi connectivity index (χ1v) is 10.0. The van der Waals surface area contributed by atoms with Crippen LogP contribution < -0.4 is 5.32 Å². The second-order valence-corrected chi connectivity index (χ2v) is 8.15. The molecule has 30 heavy (non-hydrogen) atoms. The molecule has 10 heteroatoms. The summed E-state index contributed by atoms with van der Waals surface area (Å²) in [6.07, 6.45) is -3.03. The van der Waals surface area contributed by atoms with E-state index in [4.69, 9.17) is 4.74 Å². The van der Waals surface area contributed by atoms with Crippen molar-refractivity contribution in [3.05, 3.63) is 35.1 Å². The molecule has 0 saturated carbocycles. The normalized spacial score (nSPS) is 24.9. The highest BCUT2D eigenvalue weighted by Gasteiger charge is 2.40. The lowest BCUT2D eigenvalue weighted by molar-refractivity contribution is -0.140. The van der Waals surface area contributed by atoms with E-state index in [0.717, 1.165) is 6.07 Å². The van der Waals surface area contributed by atoms with E-state index in [1.165, 1.54) is 6.07 Å². The van der Waals surface area contributed by atoms with Gasteiger partial charge in [0, 0.05) is 26.2 Å². The highest BCUT2D eigenvalue weighted by molar-refractivity contribution is 5.79. The van der Waals surface area contributed by atoms with E-state index >= 15 is 0 Å². The van der Waals surface area contributed by atoms with Gasteiger partial charge in [0.05, 0.1) is 17.7 Å². The number of carbonyl (C=O) groups is 2. The number of aryl methyl sites for hydroxylation is 1. The van der Waals surface area contributed by atoms with Gasteiger partial charge >= 0.3 is 12.2 Å². The fraction of sp³-hybridized carbons (Fsp3) is 0.600. The van der Waals surface area contributed by atoms with Gasteiger partial charge in [-0.1, -0.05) is 6.07 Å². The van der Waals surface area contributed by atoms with Gasteiger partial charge < -0.3 is 19.9 Å². The third-order valence-corrected chi connectivity index (χ3v) is 6.02. The number of benzene rings is 1. The highest BCUT2D eigenvalue weighted by Crippen LogP contribution is 2.31. The molecule has 3 aliphatic rings. The van der Waals surface area contributed by atoms with Crippen molar-refractivity contribution in [2.24, 2.45) is 5.92 Å². The number of rotatable bonds is 3. The number of hydrogen-bond acceptors (Lipinski definition) is 3. The second-order valence-electron chi connectivity index (χ2n) is 8.15. The number of carbonyl (C=O) groups excluding carboxylic acids is 2. The summed E-state index contributed by atoms with van der Waals surface area (Å²) < 4.78 is 57.3. The third kappa shape index (κ3) is 4.38. The van der Waals surface area contributed by atoms with Crippen LogP contribution in [0.15, 0.2) is 18.2 Å². The van der Waals surface area contributed by atoms with Crippen molar-refractivity contribution < 1.29 is 31.9 Å².